The zero-order valence-corrected chi connectivity index (χ0v) is 11.2. The third-order valence-corrected chi connectivity index (χ3v) is 3.81. The molecule has 0 radical (unpaired) electrons. The molecule has 5 heteroatoms. The Morgan fingerprint density at radius 1 is 1.56 bits per heavy atom. The molecule has 1 amide bonds. The first kappa shape index (κ1) is 13.1. The van der Waals surface area contributed by atoms with E-state index >= 15 is 0 Å². The topological polar surface area (TPSA) is 72.9 Å². The maximum Gasteiger partial charge on any atom is 0.255 e. The van der Waals surface area contributed by atoms with E-state index in [1.54, 1.807) is 10.9 Å². The molecule has 0 bridgehead atoms. The van der Waals surface area contributed by atoms with Gasteiger partial charge in [-0.3, -0.25) is 9.48 Å². The molecule has 3 N–H and O–H groups in total. The summed E-state index contributed by atoms with van der Waals surface area (Å²) in [7, 11) is 1.84. The summed E-state index contributed by atoms with van der Waals surface area (Å²) in [6.45, 7) is 2.52. The smallest absolute Gasteiger partial charge is 0.255 e. The van der Waals surface area contributed by atoms with Crippen molar-refractivity contribution in [2.24, 2.45) is 12.8 Å². The quantitative estimate of drug-likeness (QED) is 0.836. The van der Waals surface area contributed by atoms with Crippen molar-refractivity contribution < 1.29 is 4.79 Å². The van der Waals surface area contributed by atoms with Gasteiger partial charge in [0, 0.05) is 19.8 Å². The first-order valence-electron chi connectivity index (χ1n) is 6.65. The largest absolute Gasteiger partial charge is 0.345 e. The lowest BCUT2D eigenvalue weighted by molar-refractivity contribution is 0.0902. The van der Waals surface area contributed by atoms with Gasteiger partial charge in [0.05, 0.1) is 16.8 Å². The zero-order valence-electron chi connectivity index (χ0n) is 11.2. The van der Waals surface area contributed by atoms with Gasteiger partial charge >= 0.3 is 0 Å². The summed E-state index contributed by atoms with van der Waals surface area (Å²) < 4.78 is 1.69. The monoisotopic (exact) mass is 250 g/mol. The Labute approximate surface area is 108 Å². The Morgan fingerprint density at radius 2 is 2.22 bits per heavy atom. The number of nitrogens with zero attached hydrogens (tertiary/aromatic N) is 2. The van der Waals surface area contributed by atoms with Gasteiger partial charge in [0.15, 0.2) is 0 Å². The summed E-state index contributed by atoms with van der Waals surface area (Å²) in [6.07, 6.45) is 6.80. The van der Waals surface area contributed by atoms with E-state index in [4.69, 9.17) is 5.73 Å². The lowest BCUT2D eigenvalue weighted by Crippen LogP contribution is -2.51. The molecule has 0 atom stereocenters. The number of hydrogen-bond donors (Lipinski definition) is 2. The molecular weight excluding hydrogens is 228 g/mol. The van der Waals surface area contributed by atoms with E-state index in [1.807, 2.05) is 14.0 Å². The minimum absolute atomic E-state index is 0.0349. The van der Waals surface area contributed by atoms with Crippen LogP contribution in [0.15, 0.2) is 6.20 Å². The number of amides is 1. The van der Waals surface area contributed by atoms with Crippen molar-refractivity contribution in [3.63, 3.8) is 0 Å². The van der Waals surface area contributed by atoms with Gasteiger partial charge in [-0.2, -0.15) is 5.10 Å². The maximum absolute atomic E-state index is 12.3. The number of aryl methyl sites for hydroxylation is 2. The highest BCUT2D eigenvalue weighted by atomic mass is 16.1. The Bertz CT molecular complexity index is 432. The van der Waals surface area contributed by atoms with Gasteiger partial charge < -0.3 is 11.1 Å². The van der Waals surface area contributed by atoms with Crippen LogP contribution in [0.2, 0.25) is 0 Å². The van der Waals surface area contributed by atoms with E-state index < -0.39 is 0 Å². The fourth-order valence-electron chi connectivity index (χ4n) is 2.73. The molecule has 1 aromatic heterocycles. The summed E-state index contributed by atoms with van der Waals surface area (Å²) in [6, 6.07) is 0. The number of nitrogens with one attached hydrogen (secondary N) is 1. The van der Waals surface area contributed by atoms with Crippen molar-refractivity contribution >= 4 is 5.91 Å². The van der Waals surface area contributed by atoms with Crippen LogP contribution in [0, 0.1) is 0 Å². The molecule has 0 aromatic carbocycles. The van der Waals surface area contributed by atoms with Crippen LogP contribution in [0.3, 0.4) is 0 Å². The summed E-state index contributed by atoms with van der Waals surface area (Å²) >= 11 is 0. The van der Waals surface area contributed by atoms with Gasteiger partial charge in [0.25, 0.3) is 5.91 Å². The Kier molecular flexibility index (Phi) is 3.71. The van der Waals surface area contributed by atoms with Crippen molar-refractivity contribution in [3.05, 3.63) is 17.5 Å². The Balaban J connectivity index is 2.16. The number of carbonyl (C=O) groups is 1. The third kappa shape index (κ3) is 2.41. The van der Waals surface area contributed by atoms with E-state index in [9.17, 15) is 4.79 Å². The lowest BCUT2D eigenvalue weighted by atomic mass is 9.97. The van der Waals surface area contributed by atoms with Crippen LogP contribution in [-0.2, 0) is 13.5 Å². The second-order valence-corrected chi connectivity index (χ2v) is 5.16. The Hall–Kier alpha value is -1.36. The van der Waals surface area contributed by atoms with Crippen LogP contribution < -0.4 is 11.1 Å². The number of hydrogen-bond acceptors (Lipinski definition) is 3. The molecular formula is C13H22N4O. The van der Waals surface area contributed by atoms with Crippen molar-refractivity contribution in [2.75, 3.05) is 6.54 Å². The molecule has 5 nitrogen and oxygen atoms in total. The SMILES string of the molecule is CCc1nn(C)cc1C(=O)NC1(CN)CCCC1. The Morgan fingerprint density at radius 3 is 2.78 bits per heavy atom. The van der Waals surface area contributed by atoms with Gasteiger partial charge in [-0.05, 0) is 19.3 Å². The molecule has 1 aromatic rings. The molecule has 2 rings (SSSR count). The molecule has 0 aliphatic heterocycles. The first-order chi connectivity index (χ1) is 8.60. The predicted octanol–water partition coefficient (Wildman–Crippen LogP) is 0.984. The minimum atomic E-state index is -0.196. The molecule has 1 fully saturated rings. The predicted molar refractivity (Wildman–Crippen MR) is 70.3 cm³/mol. The average Bonchev–Trinajstić information content (AvgIpc) is 2.96. The number of aromatic nitrogens is 2. The number of rotatable bonds is 4. The number of nitrogens with two attached hydrogens (primary N) is 1. The van der Waals surface area contributed by atoms with Crippen LogP contribution in [0.1, 0.15) is 48.7 Å². The lowest BCUT2D eigenvalue weighted by Gasteiger charge is -2.28. The fourth-order valence-corrected chi connectivity index (χ4v) is 2.73. The molecule has 0 spiro atoms. The van der Waals surface area contributed by atoms with Crippen LogP contribution in [0.5, 0.6) is 0 Å². The van der Waals surface area contributed by atoms with Gasteiger partial charge in [0.1, 0.15) is 0 Å². The number of carbonyl (C=O) groups excluding carboxylic acids is 1. The van der Waals surface area contributed by atoms with Crippen molar-refractivity contribution in [1.29, 1.82) is 0 Å². The molecule has 1 heterocycles. The van der Waals surface area contributed by atoms with E-state index in [0.29, 0.717) is 12.1 Å². The molecule has 100 valence electrons. The van der Waals surface area contributed by atoms with E-state index in [0.717, 1.165) is 37.8 Å². The van der Waals surface area contributed by atoms with Crippen LogP contribution >= 0.6 is 0 Å². The third-order valence-electron chi connectivity index (χ3n) is 3.81. The van der Waals surface area contributed by atoms with Gasteiger partial charge in [0.2, 0.25) is 0 Å². The molecule has 1 aliphatic rings. The molecule has 18 heavy (non-hydrogen) atoms. The van der Waals surface area contributed by atoms with Gasteiger partial charge in [-0.1, -0.05) is 19.8 Å². The second-order valence-electron chi connectivity index (χ2n) is 5.16. The highest BCUT2D eigenvalue weighted by Crippen LogP contribution is 2.29. The molecule has 1 aliphatic carbocycles. The van der Waals surface area contributed by atoms with Crippen LogP contribution in [0.4, 0.5) is 0 Å². The van der Waals surface area contributed by atoms with Crippen LogP contribution in [0.25, 0.3) is 0 Å². The van der Waals surface area contributed by atoms with E-state index in [-0.39, 0.29) is 11.4 Å². The highest BCUT2D eigenvalue weighted by molar-refractivity contribution is 5.95. The highest BCUT2D eigenvalue weighted by Gasteiger charge is 2.34. The van der Waals surface area contributed by atoms with Gasteiger partial charge in [-0.25, -0.2) is 0 Å². The fraction of sp³-hybridized carbons (Fsp3) is 0.692. The summed E-state index contributed by atoms with van der Waals surface area (Å²) in [5, 5.41) is 7.43. The van der Waals surface area contributed by atoms with Crippen molar-refractivity contribution in [1.82, 2.24) is 15.1 Å². The zero-order chi connectivity index (χ0) is 13.2. The second kappa shape index (κ2) is 5.10. The standard InChI is InChI=1S/C13H22N4O/c1-3-11-10(8-17(2)16-11)12(18)15-13(9-14)6-4-5-7-13/h8H,3-7,9,14H2,1-2H3,(H,15,18). The molecule has 0 unspecified atom stereocenters. The van der Waals surface area contributed by atoms with E-state index in [1.165, 1.54) is 0 Å². The summed E-state index contributed by atoms with van der Waals surface area (Å²) in [4.78, 5) is 12.3. The van der Waals surface area contributed by atoms with Crippen molar-refractivity contribution in [2.45, 2.75) is 44.6 Å². The van der Waals surface area contributed by atoms with E-state index in [2.05, 4.69) is 10.4 Å². The minimum Gasteiger partial charge on any atom is -0.345 e. The normalized spacial score (nSPS) is 17.9. The summed E-state index contributed by atoms with van der Waals surface area (Å²) in [5.74, 6) is -0.0349. The van der Waals surface area contributed by atoms with Crippen molar-refractivity contribution in [3.8, 4) is 0 Å². The van der Waals surface area contributed by atoms with Crippen LogP contribution in [-0.4, -0.2) is 27.8 Å². The average molecular weight is 250 g/mol. The summed E-state index contributed by atoms with van der Waals surface area (Å²) in [5.41, 5.74) is 7.17. The molecule has 1 saturated carbocycles. The maximum atomic E-state index is 12.3. The molecule has 0 saturated heterocycles. The van der Waals surface area contributed by atoms with Gasteiger partial charge in [-0.15, -0.1) is 0 Å². The first-order valence-corrected chi connectivity index (χ1v) is 6.65.